The second-order valence-electron chi connectivity index (χ2n) is 14.2. The number of carbonyl (C=O) groups excluding carboxylic acids is 1. The summed E-state index contributed by atoms with van der Waals surface area (Å²) < 4.78 is 0. The molecule has 0 saturated carbocycles. The molecule has 0 bridgehead atoms. The number of aliphatic hydroxyl groups excluding tert-OH is 1. The molecule has 7 aliphatic rings. The van der Waals surface area contributed by atoms with Crippen LogP contribution in [0.1, 0.15) is 6.92 Å². The van der Waals surface area contributed by atoms with E-state index in [0.717, 1.165) is 62.5 Å². The van der Waals surface area contributed by atoms with Gasteiger partial charge in [-0.2, -0.15) is 30.6 Å². The number of thioether (sulfide) groups is 15. The zero-order valence-corrected chi connectivity index (χ0v) is 69.7. The van der Waals surface area contributed by atoms with Gasteiger partial charge in [0.05, 0.1) is 0 Å². The summed E-state index contributed by atoms with van der Waals surface area (Å²) in [5, 5.41) is 22.3. The van der Waals surface area contributed by atoms with Crippen molar-refractivity contribution in [2.75, 3.05) is 175 Å². The molecule has 0 aromatic heterocycles. The second-order valence-corrected chi connectivity index (χ2v) is 88.0. The number of rotatable bonds is 34. The molecule has 0 aliphatic carbocycles. The van der Waals surface area contributed by atoms with Crippen molar-refractivity contribution < 1.29 is 44.6 Å². The van der Waals surface area contributed by atoms with Gasteiger partial charge in [-0.3, -0.25) is 4.79 Å². The monoisotopic (exact) mass is 1750 g/mol. The zero-order chi connectivity index (χ0) is 50.0. The Morgan fingerprint density at radius 1 is 0.400 bits per heavy atom. The molecular formula is C39H73Cl3NaO3S21Sb3. The molecule has 0 amide bonds. The maximum atomic E-state index is 10.5. The Kier molecular flexibility index (Phi) is 65.7. The third-order valence-electron chi connectivity index (χ3n) is 8.80. The first-order valence-corrected chi connectivity index (χ1v) is 72.8. The number of carbonyl (C=O) groups is 1. The first kappa shape index (κ1) is 79.3. The summed E-state index contributed by atoms with van der Waals surface area (Å²) in [5.41, 5.74) is 0. The Balaban J connectivity index is 0.000000511. The molecule has 7 aliphatic heterocycles. The fraction of sp³-hybridized carbons (Fsp3) is 0.974. The minimum Gasteiger partial charge on any atom is 1.00 e. The van der Waals surface area contributed by atoms with Crippen LogP contribution < -0.4 is 34.7 Å². The number of hydrogen-bond donors (Lipinski definition) is 1. The molecular weight excluding hydrogens is 1680 g/mol. The van der Waals surface area contributed by atoms with E-state index in [0.29, 0.717) is 0 Å². The van der Waals surface area contributed by atoms with Crippen LogP contribution >= 0.6 is 256 Å². The van der Waals surface area contributed by atoms with Gasteiger partial charge in [-0.25, -0.2) is 0 Å². The van der Waals surface area contributed by atoms with Crippen LogP contribution in [0.4, 0.5) is 0 Å². The quantitative estimate of drug-likeness (QED) is 0.0491. The summed E-state index contributed by atoms with van der Waals surface area (Å²) in [5.74, 6) is 38.7. The van der Waals surface area contributed by atoms with Gasteiger partial charge in [0.15, 0.2) is 5.12 Å². The standard InChI is InChI=1S/C7H12OS3.6C5H10S3.CH4O.CH3O.3ClH.Na.3Sb/c1-6(8)10-2-3-11-7-4-9-5-7;6*6-1-2-8-5-3-7-4-5;2*1-2;;;;;;;/h7H,2-5H2,1H3;6*5-6H,1-4H2;2H,1H3;1H3;3*1H;;;;/q;;;;;;;;-1;;;;+1;3*+3/p-9. The van der Waals surface area contributed by atoms with Gasteiger partial charge in [0, 0.05) is 42.3 Å². The fourth-order valence-electron chi connectivity index (χ4n) is 4.76. The van der Waals surface area contributed by atoms with Crippen molar-refractivity contribution in [2.45, 2.75) is 43.7 Å². The van der Waals surface area contributed by atoms with E-state index in [9.17, 15) is 4.79 Å². The van der Waals surface area contributed by atoms with E-state index < -0.39 is 48.8 Å². The molecule has 0 spiro atoms. The van der Waals surface area contributed by atoms with Crippen molar-refractivity contribution in [1.29, 1.82) is 0 Å². The van der Waals surface area contributed by atoms with E-state index in [1.54, 1.807) is 6.92 Å². The van der Waals surface area contributed by atoms with E-state index in [1.165, 1.54) is 161 Å². The van der Waals surface area contributed by atoms with Crippen molar-refractivity contribution in [1.82, 2.24) is 0 Å². The molecule has 7 saturated heterocycles. The molecule has 0 atom stereocenters. The molecule has 0 unspecified atom stereocenters. The molecule has 7 rings (SSSR count). The smallest absolute Gasteiger partial charge is 1.00 e. The van der Waals surface area contributed by atoms with Crippen molar-refractivity contribution >= 4 is 310 Å². The normalized spacial score (nSPS) is 19.2. The third kappa shape index (κ3) is 46.4. The van der Waals surface area contributed by atoms with Crippen LogP contribution in [0.25, 0.3) is 0 Å². The second kappa shape index (κ2) is 58.0. The van der Waals surface area contributed by atoms with Crippen molar-refractivity contribution in [3.8, 4) is 0 Å². The first-order chi connectivity index (χ1) is 33.8. The van der Waals surface area contributed by atoms with Crippen LogP contribution in [-0.2, 0) is 4.79 Å². The minimum atomic E-state index is -2.03. The van der Waals surface area contributed by atoms with Crippen LogP contribution in [0.5, 0.6) is 0 Å². The summed E-state index contributed by atoms with van der Waals surface area (Å²) in [6.45, 7) is 1.63. The Bertz CT molecular complexity index is 999. The summed E-state index contributed by atoms with van der Waals surface area (Å²) in [6, 6.07) is 0. The van der Waals surface area contributed by atoms with Crippen molar-refractivity contribution in [2.24, 2.45) is 0 Å². The molecule has 7 heterocycles. The zero-order valence-electron chi connectivity index (χ0n) is 40.7. The van der Waals surface area contributed by atoms with Crippen molar-refractivity contribution in [3.05, 3.63) is 0 Å². The van der Waals surface area contributed by atoms with Gasteiger partial charge in [0.1, 0.15) is 0 Å². The Hall–Kier alpha value is 11.3. The van der Waals surface area contributed by atoms with Crippen LogP contribution in [0.2, 0.25) is 0 Å². The van der Waals surface area contributed by atoms with Gasteiger partial charge in [-0.05, 0) is 0 Å². The Morgan fingerprint density at radius 3 is 0.686 bits per heavy atom. The van der Waals surface area contributed by atoms with Gasteiger partial charge in [0.25, 0.3) is 0 Å². The number of hydrogen-bond acceptors (Lipinski definition) is 24. The molecule has 1 N–H and O–H groups in total. The largest absolute Gasteiger partial charge is 1.00 e. The number of aliphatic hydroxyl groups is 1. The first-order valence-electron chi connectivity index (χ1n) is 22.3. The van der Waals surface area contributed by atoms with Crippen LogP contribution in [0.15, 0.2) is 0 Å². The predicted octanol–water partition coefficient (Wildman–Crippen LogP) is 10.8. The van der Waals surface area contributed by atoms with Gasteiger partial charge < -0.3 is 10.2 Å². The summed E-state index contributed by atoms with van der Waals surface area (Å²) in [6.07, 6.45) is 0. The molecule has 31 heteroatoms. The molecule has 70 heavy (non-hydrogen) atoms. The molecule has 3 nitrogen and oxygen atoms in total. The average molecular weight is 1760 g/mol. The van der Waals surface area contributed by atoms with E-state index in [4.69, 9.17) is 36.7 Å². The van der Waals surface area contributed by atoms with Gasteiger partial charge >= 0.3 is 469 Å². The molecule has 0 aromatic rings. The maximum absolute atomic E-state index is 10.5. The molecule has 410 valence electrons. The van der Waals surface area contributed by atoms with Gasteiger partial charge in [-0.15, -0.1) is 0 Å². The fourth-order valence-corrected chi connectivity index (χ4v) is 75.9. The minimum absolute atomic E-state index is 0. The predicted molar refractivity (Wildman–Crippen MR) is 382 cm³/mol. The molecule has 0 aromatic carbocycles. The average Bonchev–Trinajstić information content (AvgIpc) is 3.22. The van der Waals surface area contributed by atoms with E-state index >= 15 is 0 Å². The molecule has 7 fully saturated rings. The number of halogens is 3. The van der Waals surface area contributed by atoms with Crippen molar-refractivity contribution in [3.63, 3.8) is 0 Å². The van der Waals surface area contributed by atoms with E-state index in [2.05, 4.69) is 194 Å². The maximum Gasteiger partial charge on any atom is 1.00 e. The Labute approximate surface area is 562 Å². The summed E-state index contributed by atoms with van der Waals surface area (Å²) in [4.78, 5) is 10.5. The van der Waals surface area contributed by atoms with Crippen LogP contribution in [0, 0.1) is 0 Å². The topological polar surface area (TPSA) is 60.4 Å². The van der Waals surface area contributed by atoms with Gasteiger partial charge in [-0.1, -0.05) is 11.8 Å². The van der Waals surface area contributed by atoms with Crippen LogP contribution in [-0.4, -0.2) is 271 Å². The van der Waals surface area contributed by atoms with Gasteiger partial charge in [0.2, 0.25) is 0 Å². The third-order valence-corrected chi connectivity index (χ3v) is 81.3. The van der Waals surface area contributed by atoms with Crippen LogP contribution in [0.3, 0.4) is 0 Å². The summed E-state index contributed by atoms with van der Waals surface area (Å²) in [7, 11) is 31.2. The SMILES string of the molecule is C(C[S][Sb]([S]CCSC1CSC1)[S]CCSC1CSC1)SC1CSC1.C(C[S][Sb]([S]CCSC1CSC1)[S]CCSC1CSC1)SC1CSC1.CC(=O)SCCSC1CSC1.CO.C[O-].[Cl][Sb]([Cl])[Cl].[Na+]. The summed E-state index contributed by atoms with van der Waals surface area (Å²) >= 11 is 27.3. The van der Waals surface area contributed by atoms with E-state index in [1.807, 2.05) is 23.5 Å². The van der Waals surface area contributed by atoms with E-state index in [-0.39, 0.29) is 34.7 Å². The molecule has 0 radical (unpaired) electrons. The Morgan fingerprint density at radius 2 is 0.557 bits per heavy atom.